The fourth-order valence-corrected chi connectivity index (χ4v) is 3.76. The highest BCUT2D eigenvalue weighted by molar-refractivity contribution is 5.95. The van der Waals surface area contributed by atoms with Crippen LogP contribution in [-0.2, 0) is 20.7 Å². The fraction of sp³-hybridized carbons (Fsp3) is 0.360. The maximum Gasteiger partial charge on any atom is 0.331 e. The number of benzene rings is 2. The van der Waals surface area contributed by atoms with E-state index >= 15 is 0 Å². The van der Waals surface area contributed by atoms with Gasteiger partial charge in [-0.25, -0.2) is 4.79 Å². The van der Waals surface area contributed by atoms with E-state index in [1.807, 2.05) is 58.9 Å². The van der Waals surface area contributed by atoms with Crippen molar-refractivity contribution in [2.24, 2.45) is 0 Å². The second-order valence-electron chi connectivity index (χ2n) is 7.83. The smallest absolute Gasteiger partial charge is 0.331 e. The number of fused-ring (bicyclic) bond motifs is 1. The number of aryl methyl sites for hydroxylation is 3. The van der Waals surface area contributed by atoms with E-state index in [-0.39, 0.29) is 18.6 Å². The largest absolute Gasteiger partial charge is 0.493 e. The summed E-state index contributed by atoms with van der Waals surface area (Å²) in [7, 11) is 0. The zero-order valence-electron chi connectivity index (χ0n) is 18.7. The molecule has 0 unspecified atom stereocenters. The Hall–Kier alpha value is -3.28. The number of carbonyl (C=O) groups is 2. The molecule has 0 radical (unpaired) electrons. The first-order valence-corrected chi connectivity index (χ1v) is 10.5. The molecule has 1 heterocycles. The predicted molar refractivity (Wildman–Crippen MR) is 121 cm³/mol. The molecular weight excluding hydrogens is 394 g/mol. The van der Waals surface area contributed by atoms with Gasteiger partial charge in [-0.2, -0.15) is 0 Å². The van der Waals surface area contributed by atoms with Gasteiger partial charge in [0.15, 0.2) is 6.61 Å². The zero-order valence-corrected chi connectivity index (χ0v) is 18.7. The lowest BCUT2D eigenvalue weighted by Crippen LogP contribution is -2.21. The van der Waals surface area contributed by atoms with Gasteiger partial charge in [-0.15, -0.1) is 0 Å². The number of anilines is 1. The van der Waals surface area contributed by atoms with Crippen LogP contribution < -0.4 is 14.8 Å². The quantitative estimate of drug-likeness (QED) is 0.523. The van der Waals surface area contributed by atoms with Crippen LogP contribution in [0, 0.1) is 20.8 Å². The minimum absolute atomic E-state index is 0.119. The highest BCUT2D eigenvalue weighted by Gasteiger charge is 2.21. The molecule has 1 N–H and O–H groups in total. The summed E-state index contributed by atoms with van der Waals surface area (Å²) in [5, 5.41) is 2.82. The third kappa shape index (κ3) is 5.66. The Labute approximate surface area is 183 Å². The molecule has 0 fully saturated rings. The molecule has 1 aliphatic rings. The molecule has 31 heavy (non-hydrogen) atoms. The van der Waals surface area contributed by atoms with Crippen molar-refractivity contribution in [3.8, 4) is 11.5 Å². The second-order valence-corrected chi connectivity index (χ2v) is 7.83. The molecule has 164 valence electrons. The van der Waals surface area contributed by atoms with Crippen LogP contribution in [0.4, 0.5) is 5.69 Å². The van der Waals surface area contributed by atoms with Crippen molar-refractivity contribution < 1.29 is 23.8 Å². The number of hydrogen-bond acceptors (Lipinski definition) is 5. The van der Waals surface area contributed by atoms with Crippen molar-refractivity contribution in [2.45, 2.75) is 47.1 Å². The van der Waals surface area contributed by atoms with Crippen LogP contribution in [0.1, 0.15) is 41.7 Å². The van der Waals surface area contributed by atoms with Crippen molar-refractivity contribution >= 4 is 23.6 Å². The van der Waals surface area contributed by atoms with E-state index in [2.05, 4.69) is 5.32 Å². The predicted octanol–water partition coefficient (Wildman–Crippen LogP) is 4.53. The van der Waals surface area contributed by atoms with Crippen LogP contribution in [0.3, 0.4) is 0 Å². The number of rotatable bonds is 7. The number of esters is 1. The summed E-state index contributed by atoms with van der Waals surface area (Å²) in [6.07, 6.45) is 3.86. The molecule has 0 aromatic heterocycles. The van der Waals surface area contributed by atoms with Crippen molar-refractivity contribution in [2.75, 3.05) is 18.5 Å². The minimum atomic E-state index is -0.607. The summed E-state index contributed by atoms with van der Waals surface area (Å²) >= 11 is 0. The van der Waals surface area contributed by atoms with Gasteiger partial charge in [-0.05, 0) is 64.0 Å². The Morgan fingerprint density at radius 2 is 1.87 bits per heavy atom. The Morgan fingerprint density at radius 3 is 2.55 bits per heavy atom. The van der Waals surface area contributed by atoms with Crippen LogP contribution >= 0.6 is 0 Å². The fourth-order valence-electron chi connectivity index (χ4n) is 3.76. The number of carbonyl (C=O) groups excluding carboxylic acids is 2. The van der Waals surface area contributed by atoms with E-state index in [4.69, 9.17) is 14.2 Å². The summed E-state index contributed by atoms with van der Waals surface area (Å²) < 4.78 is 16.6. The number of nitrogens with one attached hydrogen (secondary N) is 1. The van der Waals surface area contributed by atoms with Crippen LogP contribution in [0.15, 0.2) is 30.3 Å². The maximum absolute atomic E-state index is 12.2. The van der Waals surface area contributed by atoms with Crippen molar-refractivity contribution in [3.63, 3.8) is 0 Å². The van der Waals surface area contributed by atoms with Crippen LogP contribution in [0.2, 0.25) is 0 Å². The van der Waals surface area contributed by atoms with E-state index < -0.39 is 5.97 Å². The molecular formula is C25H29NO5. The molecule has 0 spiro atoms. The van der Waals surface area contributed by atoms with Gasteiger partial charge in [0.2, 0.25) is 0 Å². The first kappa shape index (κ1) is 22.4. The second kappa shape index (κ2) is 9.69. The van der Waals surface area contributed by atoms with Crippen LogP contribution in [0.25, 0.3) is 6.08 Å². The van der Waals surface area contributed by atoms with Crippen LogP contribution in [0.5, 0.6) is 11.5 Å². The van der Waals surface area contributed by atoms with Gasteiger partial charge in [-0.3, -0.25) is 4.79 Å². The molecule has 2 aromatic carbocycles. The third-order valence-corrected chi connectivity index (χ3v) is 5.01. The highest BCUT2D eigenvalue weighted by atomic mass is 16.5. The van der Waals surface area contributed by atoms with Gasteiger partial charge >= 0.3 is 5.97 Å². The lowest BCUT2D eigenvalue weighted by Gasteiger charge is -2.12. The molecule has 0 aliphatic carbocycles. The molecule has 6 nitrogen and oxygen atoms in total. The molecule has 2 aromatic rings. The van der Waals surface area contributed by atoms with E-state index in [0.29, 0.717) is 12.4 Å². The lowest BCUT2D eigenvalue weighted by molar-refractivity contribution is -0.142. The van der Waals surface area contributed by atoms with E-state index in [1.165, 1.54) is 6.08 Å². The Bertz CT molecular complexity index is 1000. The number of hydrogen-bond donors (Lipinski definition) is 1. The average Bonchev–Trinajstić information content (AvgIpc) is 3.06. The average molecular weight is 424 g/mol. The molecule has 0 bridgehead atoms. The summed E-state index contributed by atoms with van der Waals surface area (Å²) in [5.41, 5.74) is 5.62. The topological polar surface area (TPSA) is 73.9 Å². The van der Waals surface area contributed by atoms with E-state index in [1.54, 1.807) is 6.08 Å². The van der Waals surface area contributed by atoms with E-state index in [9.17, 15) is 9.59 Å². The van der Waals surface area contributed by atoms with Crippen LogP contribution in [-0.4, -0.2) is 31.2 Å². The first-order chi connectivity index (χ1) is 14.8. The lowest BCUT2D eigenvalue weighted by atomic mass is 10.1. The number of ether oxygens (including phenoxy) is 3. The van der Waals surface area contributed by atoms with Crippen molar-refractivity contribution in [1.29, 1.82) is 0 Å². The molecule has 0 saturated carbocycles. The number of amides is 1. The van der Waals surface area contributed by atoms with Crippen molar-refractivity contribution in [1.82, 2.24) is 0 Å². The standard InChI is InChI=1S/C25H29NO5/c1-6-29-21-13-20-11-18(5)31-22(20)12-19(21)7-8-24(28)30-14-23(27)26-25-16(3)9-15(2)10-17(25)4/h7-10,12-13,18H,6,11,14H2,1-5H3,(H,26,27)/b8-7+/t18-/m0/s1. The molecule has 0 saturated heterocycles. The SMILES string of the molecule is CCOc1cc2c(cc1/C=C/C(=O)OCC(=O)Nc1c(C)cc(C)cc1C)O[C@@H](C)C2. The normalized spacial score (nSPS) is 14.8. The Kier molecular flexibility index (Phi) is 7.00. The molecule has 1 aliphatic heterocycles. The van der Waals surface area contributed by atoms with Gasteiger partial charge < -0.3 is 19.5 Å². The van der Waals surface area contributed by atoms with Crippen molar-refractivity contribution in [3.05, 3.63) is 58.2 Å². The molecule has 1 amide bonds. The molecule has 1 atom stereocenters. The Morgan fingerprint density at radius 1 is 1.16 bits per heavy atom. The monoisotopic (exact) mass is 423 g/mol. The first-order valence-electron chi connectivity index (χ1n) is 10.5. The summed E-state index contributed by atoms with van der Waals surface area (Å²) in [6.45, 7) is 9.94. The summed E-state index contributed by atoms with van der Waals surface area (Å²) in [4.78, 5) is 24.4. The maximum atomic E-state index is 12.2. The summed E-state index contributed by atoms with van der Waals surface area (Å²) in [5.74, 6) is 0.495. The van der Waals surface area contributed by atoms with Gasteiger partial charge in [0, 0.05) is 29.3 Å². The third-order valence-electron chi connectivity index (χ3n) is 5.01. The molecule has 3 rings (SSSR count). The highest BCUT2D eigenvalue weighted by Crippen LogP contribution is 2.35. The van der Waals surface area contributed by atoms with Gasteiger partial charge in [0.05, 0.1) is 6.61 Å². The van der Waals surface area contributed by atoms with Gasteiger partial charge in [-0.1, -0.05) is 17.7 Å². The van der Waals surface area contributed by atoms with Gasteiger partial charge in [0.1, 0.15) is 17.6 Å². The Balaban J connectivity index is 1.61. The summed E-state index contributed by atoms with van der Waals surface area (Å²) in [6, 6.07) is 7.80. The van der Waals surface area contributed by atoms with E-state index in [0.717, 1.165) is 45.7 Å². The zero-order chi connectivity index (χ0) is 22.5. The van der Waals surface area contributed by atoms with Gasteiger partial charge in [0.25, 0.3) is 5.91 Å². The molecule has 6 heteroatoms. The minimum Gasteiger partial charge on any atom is -0.493 e.